The molecule has 1 amide bonds. The fourth-order valence-corrected chi connectivity index (χ4v) is 3.98. The summed E-state index contributed by atoms with van der Waals surface area (Å²) in [5, 5.41) is 6.15. The monoisotopic (exact) mass is 391 g/mol. The Morgan fingerprint density at radius 3 is 2.86 bits per heavy atom. The molecule has 1 atom stereocenters. The number of methoxy groups -OCH3 is 1. The largest absolute Gasteiger partial charge is 0.497 e. The minimum absolute atomic E-state index is 0.0246. The minimum Gasteiger partial charge on any atom is -0.497 e. The van der Waals surface area contributed by atoms with E-state index >= 15 is 0 Å². The third-order valence-electron chi connectivity index (χ3n) is 4.67. The van der Waals surface area contributed by atoms with Crippen LogP contribution in [0.2, 0.25) is 0 Å². The van der Waals surface area contributed by atoms with E-state index in [1.54, 1.807) is 7.11 Å². The maximum Gasteiger partial charge on any atom is 0.230 e. The number of fused-ring (bicyclic) bond motifs is 2. The average molecular weight is 391 g/mol. The van der Waals surface area contributed by atoms with Crippen LogP contribution in [-0.2, 0) is 4.79 Å². The van der Waals surface area contributed by atoms with Gasteiger partial charge in [0.05, 0.1) is 29.9 Å². The molecule has 5 nitrogen and oxygen atoms in total. The van der Waals surface area contributed by atoms with Crippen LogP contribution in [0.4, 0.5) is 0 Å². The standard InChI is InChI=1S/C22H21N3O2S/c1-14(17-9-5-7-15-6-3-4-8-18(15)17)23-21(26)13-28-22-24-19-11-10-16(27-2)12-20(19)25-22/h3-12,14H,13H2,1-2H3,(H,23,26)(H,24,25)/t14-/m1/s1. The zero-order chi connectivity index (χ0) is 19.5. The maximum atomic E-state index is 12.5. The molecule has 28 heavy (non-hydrogen) atoms. The van der Waals surface area contributed by atoms with E-state index in [2.05, 4.69) is 39.6 Å². The Bertz CT molecular complexity index is 1130. The van der Waals surface area contributed by atoms with Gasteiger partial charge in [-0.25, -0.2) is 4.98 Å². The van der Waals surface area contributed by atoms with Crippen LogP contribution in [0.5, 0.6) is 5.75 Å². The van der Waals surface area contributed by atoms with E-state index in [9.17, 15) is 4.79 Å². The number of hydrogen-bond acceptors (Lipinski definition) is 4. The van der Waals surface area contributed by atoms with Crippen molar-refractivity contribution in [1.82, 2.24) is 15.3 Å². The first kappa shape index (κ1) is 18.4. The fourth-order valence-electron chi connectivity index (χ4n) is 3.28. The van der Waals surface area contributed by atoms with Crippen molar-refractivity contribution in [3.05, 3.63) is 66.2 Å². The summed E-state index contributed by atoms with van der Waals surface area (Å²) in [5.41, 5.74) is 2.87. The van der Waals surface area contributed by atoms with Gasteiger partial charge in [-0.2, -0.15) is 0 Å². The van der Waals surface area contributed by atoms with Gasteiger partial charge in [-0.1, -0.05) is 54.2 Å². The first-order valence-corrected chi connectivity index (χ1v) is 10.1. The number of imidazole rings is 1. The predicted molar refractivity (Wildman–Crippen MR) is 114 cm³/mol. The summed E-state index contributed by atoms with van der Waals surface area (Å²) in [4.78, 5) is 20.2. The van der Waals surface area contributed by atoms with Crippen molar-refractivity contribution in [1.29, 1.82) is 0 Å². The Kier molecular flexibility index (Phi) is 5.21. The first-order chi connectivity index (χ1) is 13.6. The lowest BCUT2D eigenvalue weighted by atomic mass is 10.00. The average Bonchev–Trinajstić information content (AvgIpc) is 3.13. The lowest BCUT2D eigenvalue weighted by Crippen LogP contribution is -2.28. The summed E-state index contributed by atoms with van der Waals surface area (Å²) in [7, 11) is 1.63. The van der Waals surface area contributed by atoms with Crippen LogP contribution in [0.1, 0.15) is 18.5 Å². The normalized spacial score (nSPS) is 12.2. The summed E-state index contributed by atoms with van der Waals surface area (Å²) in [5.74, 6) is 1.05. The van der Waals surface area contributed by atoms with Gasteiger partial charge in [0, 0.05) is 6.07 Å². The van der Waals surface area contributed by atoms with Crippen molar-refractivity contribution in [2.24, 2.45) is 0 Å². The number of benzene rings is 3. The van der Waals surface area contributed by atoms with E-state index in [0.717, 1.165) is 32.9 Å². The Balaban J connectivity index is 1.41. The number of amides is 1. The molecule has 142 valence electrons. The van der Waals surface area contributed by atoms with Gasteiger partial charge >= 0.3 is 0 Å². The lowest BCUT2D eigenvalue weighted by Gasteiger charge is -2.16. The molecule has 0 saturated carbocycles. The molecular weight excluding hydrogens is 370 g/mol. The number of aromatic amines is 1. The van der Waals surface area contributed by atoms with Crippen LogP contribution in [0.25, 0.3) is 21.8 Å². The highest BCUT2D eigenvalue weighted by Gasteiger charge is 2.13. The molecule has 0 aliphatic rings. The second-order valence-corrected chi connectivity index (χ2v) is 7.54. The van der Waals surface area contributed by atoms with Gasteiger partial charge in [-0.15, -0.1) is 0 Å². The Hall–Kier alpha value is -2.99. The summed E-state index contributed by atoms with van der Waals surface area (Å²) in [6, 6.07) is 20.0. The molecule has 0 unspecified atom stereocenters. The maximum absolute atomic E-state index is 12.5. The second kappa shape index (κ2) is 7.94. The summed E-state index contributed by atoms with van der Waals surface area (Å²) < 4.78 is 5.23. The number of rotatable bonds is 6. The molecule has 6 heteroatoms. The van der Waals surface area contributed by atoms with E-state index in [1.165, 1.54) is 17.1 Å². The van der Waals surface area contributed by atoms with Crippen LogP contribution in [-0.4, -0.2) is 28.7 Å². The van der Waals surface area contributed by atoms with E-state index in [1.807, 2.05) is 43.3 Å². The predicted octanol–water partition coefficient (Wildman–Crippen LogP) is 4.69. The fraction of sp³-hybridized carbons (Fsp3) is 0.182. The van der Waals surface area contributed by atoms with Crippen molar-refractivity contribution in [3.8, 4) is 5.75 Å². The summed E-state index contributed by atoms with van der Waals surface area (Å²) >= 11 is 1.39. The number of nitrogens with zero attached hydrogens (tertiary/aromatic N) is 1. The SMILES string of the molecule is COc1ccc2nc(SCC(=O)N[C@H](C)c3cccc4ccccc34)[nH]c2c1. The molecule has 0 aliphatic heterocycles. The molecule has 2 N–H and O–H groups in total. The number of H-pyrrole nitrogens is 1. The number of hydrogen-bond donors (Lipinski definition) is 2. The number of nitrogens with one attached hydrogen (secondary N) is 2. The molecule has 1 heterocycles. The highest BCUT2D eigenvalue weighted by atomic mass is 32.2. The highest BCUT2D eigenvalue weighted by molar-refractivity contribution is 7.99. The van der Waals surface area contributed by atoms with E-state index in [-0.39, 0.29) is 11.9 Å². The van der Waals surface area contributed by atoms with Crippen molar-refractivity contribution < 1.29 is 9.53 Å². The molecule has 4 aromatic rings. The molecule has 4 rings (SSSR count). The molecule has 0 radical (unpaired) electrons. The van der Waals surface area contributed by atoms with E-state index in [0.29, 0.717) is 5.75 Å². The van der Waals surface area contributed by atoms with Crippen molar-refractivity contribution in [2.45, 2.75) is 18.1 Å². The van der Waals surface area contributed by atoms with Crippen LogP contribution >= 0.6 is 11.8 Å². The van der Waals surface area contributed by atoms with Crippen molar-refractivity contribution in [2.75, 3.05) is 12.9 Å². The Morgan fingerprint density at radius 2 is 2.00 bits per heavy atom. The van der Waals surface area contributed by atoms with Gasteiger partial charge in [0.1, 0.15) is 5.75 Å². The molecule has 0 bridgehead atoms. The number of ether oxygens (including phenoxy) is 1. The van der Waals surface area contributed by atoms with Gasteiger partial charge in [0.2, 0.25) is 5.91 Å². The zero-order valence-electron chi connectivity index (χ0n) is 15.7. The molecule has 0 fully saturated rings. The third kappa shape index (κ3) is 3.82. The zero-order valence-corrected chi connectivity index (χ0v) is 16.5. The molecular formula is C22H21N3O2S. The second-order valence-electron chi connectivity index (χ2n) is 6.57. The Labute approximate surface area is 167 Å². The smallest absolute Gasteiger partial charge is 0.230 e. The van der Waals surface area contributed by atoms with Crippen LogP contribution in [0.3, 0.4) is 0 Å². The van der Waals surface area contributed by atoms with Gasteiger partial charge in [0.25, 0.3) is 0 Å². The lowest BCUT2D eigenvalue weighted by molar-refractivity contribution is -0.119. The Morgan fingerprint density at radius 1 is 1.18 bits per heavy atom. The number of carbonyl (C=O) groups is 1. The minimum atomic E-state index is -0.0702. The number of thioether (sulfide) groups is 1. The first-order valence-electron chi connectivity index (χ1n) is 9.07. The van der Waals surface area contributed by atoms with Gasteiger partial charge in [0.15, 0.2) is 5.16 Å². The number of aromatic nitrogens is 2. The van der Waals surface area contributed by atoms with E-state index < -0.39 is 0 Å². The van der Waals surface area contributed by atoms with Crippen LogP contribution in [0.15, 0.2) is 65.8 Å². The van der Waals surface area contributed by atoms with Crippen molar-refractivity contribution >= 4 is 39.5 Å². The van der Waals surface area contributed by atoms with Crippen LogP contribution < -0.4 is 10.1 Å². The topological polar surface area (TPSA) is 67.0 Å². The molecule has 0 spiro atoms. The van der Waals surface area contributed by atoms with Crippen molar-refractivity contribution in [3.63, 3.8) is 0 Å². The van der Waals surface area contributed by atoms with Gasteiger partial charge in [-0.05, 0) is 35.4 Å². The summed E-state index contributed by atoms with van der Waals surface area (Å²) in [6.45, 7) is 2.01. The summed E-state index contributed by atoms with van der Waals surface area (Å²) in [6.07, 6.45) is 0. The third-order valence-corrected chi connectivity index (χ3v) is 5.55. The molecule has 3 aromatic carbocycles. The van der Waals surface area contributed by atoms with Gasteiger partial charge in [-0.3, -0.25) is 4.79 Å². The number of carbonyl (C=O) groups excluding carboxylic acids is 1. The molecule has 1 aromatic heterocycles. The molecule has 0 aliphatic carbocycles. The van der Waals surface area contributed by atoms with Crippen LogP contribution in [0, 0.1) is 0 Å². The highest BCUT2D eigenvalue weighted by Crippen LogP contribution is 2.25. The van der Waals surface area contributed by atoms with Gasteiger partial charge < -0.3 is 15.0 Å². The molecule has 0 saturated heterocycles. The quantitative estimate of drug-likeness (QED) is 0.468. The van der Waals surface area contributed by atoms with E-state index in [4.69, 9.17) is 4.74 Å².